The van der Waals surface area contributed by atoms with Crippen LogP contribution in [-0.4, -0.2) is 37.9 Å². The zero-order chi connectivity index (χ0) is 28.1. The van der Waals surface area contributed by atoms with Gasteiger partial charge in [0.1, 0.15) is 0 Å². The number of hydrogen-bond donors (Lipinski definition) is 4. The molecule has 0 rings (SSSR count). The van der Waals surface area contributed by atoms with Gasteiger partial charge in [-0.15, -0.1) is 9.35 Å². The minimum atomic E-state index is -4.89. The molecule has 2 unspecified atom stereocenters. The summed E-state index contributed by atoms with van der Waals surface area (Å²) in [6.07, 6.45) is 12.9. The van der Waals surface area contributed by atoms with E-state index in [4.69, 9.17) is 12.3 Å². The molecular weight excluding hydrogens is 562 g/mol. The van der Waals surface area contributed by atoms with Crippen LogP contribution in [0.2, 0.25) is 0 Å². The van der Waals surface area contributed by atoms with Gasteiger partial charge in [0, 0.05) is 6.08 Å². The maximum atomic E-state index is 11.6. The fourth-order valence-corrected chi connectivity index (χ4v) is 3.96. The second-order valence-corrected chi connectivity index (χ2v) is 10.2. The Balaban J connectivity index is -0.00000103. The van der Waals surface area contributed by atoms with Gasteiger partial charge >= 0.3 is 48.1 Å². The number of unbranched alkanes of at least 4 members (excludes halogenated alkanes) is 10. The summed E-state index contributed by atoms with van der Waals surface area (Å²) in [7, 11) is -9.79. The zero-order valence-corrected chi connectivity index (χ0v) is 24.3. The molecule has 0 aromatic carbocycles. The molecule has 0 spiro atoms. The van der Waals surface area contributed by atoms with Crippen LogP contribution in [0.5, 0.6) is 0 Å². The van der Waals surface area contributed by atoms with E-state index in [1.807, 2.05) is 0 Å². The third-order valence-electron chi connectivity index (χ3n) is 3.92. The predicted octanol–water partition coefficient (Wildman–Crippen LogP) is 5.33. The van der Waals surface area contributed by atoms with Crippen LogP contribution in [0.1, 0.15) is 90.9 Å². The van der Waals surface area contributed by atoms with E-state index in [-0.39, 0.29) is 13.2 Å². The van der Waals surface area contributed by atoms with Gasteiger partial charge < -0.3 is 9.79 Å². The van der Waals surface area contributed by atoms with Gasteiger partial charge in [0.2, 0.25) is 0 Å². The minimum absolute atomic E-state index is 0.0746. The molecule has 0 heterocycles. The average molecular weight is 603 g/mol. The monoisotopic (exact) mass is 603 g/mol. The quantitative estimate of drug-likeness (QED) is 0.0327. The van der Waals surface area contributed by atoms with Crippen LogP contribution in [0.3, 0.4) is 0 Å². The molecule has 0 aliphatic rings. The van der Waals surface area contributed by atoms with Crippen LogP contribution < -0.4 is 0 Å². The third-order valence-corrected chi connectivity index (χ3v) is 6.16. The fourth-order valence-electron chi connectivity index (χ4n) is 2.29. The number of rotatable bonds is 21. The Morgan fingerprint density at radius 1 is 0.806 bits per heavy atom. The van der Waals surface area contributed by atoms with Gasteiger partial charge in [-0.25, -0.2) is 23.7 Å². The van der Waals surface area contributed by atoms with Crippen molar-refractivity contribution in [3.63, 3.8) is 0 Å². The molecule has 0 aliphatic carbocycles. The first-order chi connectivity index (χ1) is 17.1. The first kappa shape index (κ1) is 40.3. The summed E-state index contributed by atoms with van der Waals surface area (Å²) in [5, 5.41) is 7.41. The molecule has 0 bridgehead atoms. The van der Waals surface area contributed by atoms with Crippen molar-refractivity contribution in [3.8, 4) is 0 Å². The Morgan fingerprint density at radius 3 is 1.42 bits per heavy atom. The number of hydrogen-bond acceptors (Lipinski definition) is 11. The van der Waals surface area contributed by atoms with E-state index in [1.165, 1.54) is 12.8 Å². The van der Waals surface area contributed by atoms with Crippen molar-refractivity contribution in [1.82, 2.24) is 0 Å². The molecule has 4 N–H and O–H groups in total. The Labute approximate surface area is 222 Å². The molecule has 0 aromatic heterocycles. The van der Waals surface area contributed by atoms with Gasteiger partial charge in [0.15, 0.2) is 0 Å². The first-order valence-electron chi connectivity index (χ1n) is 11.5. The summed E-state index contributed by atoms with van der Waals surface area (Å²) >= 11 is -1.75. The molecule has 0 saturated heterocycles. The zero-order valence-electron chi connectivity index (χ0n) is 20.9. The molecule has 17 heteroatoms. The van der Waals surface area contributed by atoms with Crippen LogP contribution in [-0.2, 0) is 65.1 Å². The summed E-state index contributed by atoms with van der Waals surface area (Å²) in [6, 6.07) is 0. The van der Waals surface area contributed by atoms with Gasteiger partial charge in [-0.05, 0) is 12.8 Å². The fraction of sp³-hybridized carbons (Fsp3) is 0.842. The van der Waals surface area contributed by atoms with E-state index in [9.17, 15) is 23.7 Å². The maximum absolute atomic E-state index is 11.6. The molecule has 0 aliphatic heterocycles. The summed E-state index contributed by atoms with van der Waals surface area (Å²) in [4.78, 5) is 40.6. The summed E-state index contributed by atoms with van der Waals surface area (Å²) in [5.41, 5.74) is 0. The van der Waals surface area contributed by atoms with Crippen molar-refractivity contribution in [2.45, 2.75) is 90.9 Å². The van der Waals surface area contributed by atoms with Crippen LogP contribution in [0.25, 0.3) is 0 Å². The number of carbonyl (C=O) groups excluding carboxylic acids is 1. The standard InChI is InChI=1S/C16H36O9P2.C3H4O3.H2O.O.Ti/c1-3-5-7-9-11-13-15-21-23-26(17,18)25-27(19,20)24-22-16-14-12-10-8-6-4-2;1-2-3(4)6-5;;;/h3-16H2,1-2H3,(H,17,18)(H,19,20);2,5H,1H2;1H2;;/q;;;;+1/p-1. The van der Waals surface area contributed by atoms with Crippen LogP contribution in [0.4, 0.5) is 0 Å². The van der Waals surface area contributed by atoms with Crippen molar-refractivity contribution in [1.29, 1.82) is 0 Å². The average Bonchev–Trinajstić information content (AvgIpc) is 2.82. The van der Waals surface area contributed by atoms with Gasteiger partial charge in [-0.1, -0.05) is 84.6 Å². The van der Waals surface area contributed by atoms with Crippen LogP contribution in [0.15, 0.2) is 12.7 Å². The molecule has 14 nitrogen and oxygen atoms in total. The van der Waals surface area contributed by atoms with E-state index in [2.05, 4.69) is 48.7 Å². The Kier molecular flexibility index (Phi) is 32.9. The van der Waals surface area contributed by atoms with Gasteiger partial charge in [0.25, 0.3) is 0 Å². The van der Waals surface area contributed by atoms with Gasteiger partial charge in [-0.2, -0.15) is 9.57 Å². The number of carbonyl (C=O) groups is 1. The Bertz CT molecular complexity index is 585. The van der Waals surface area contributed by atoms with Crippen molar-refractivity contribution in [3.05, 3.63) is 12.7 Å². The van der Waals surface area contributed by atoms with Gasteiger partial charge in [-0.3, -0.25) is 4.89 Å². The molecule has 0 radical (unpaired) electrons. The van der Waals surface area contributed by atoms with Crippen molar-refractivity contribution >= 4 is 21.6 Å². The van der Waals surface area contributed by atoms with Gasteiger partial charge in [0.05, 0.1) is 13.2 Å². The van der Waals surface area contributed by atoms with E-state index in [1.54, 1.807) is 0 Å². The molecule has 2 atom stereocenters. The van der Waals surface area contributed by atoms with E-state index >= 15 is 0 Å². The van der Waals surface area contributed by atoms with Crippen molar-refractivity contribution in [2.75, 3.05) is 13.2 Å². The second kappa shape index (κ2) is 29.4. The molecule has 0 amide bonds. The second-order valence-electron chi connectivity index (χ2n) is 7.05. The van der Waals surface area contributed by atoms with E-state index < -0.39 is 41.1 Å². The van der Waals surface area contributed by atoms with E-state index in [0.29, 0.717) is 12.8 Å². The van der Waals surface area contributed by atoms with Crippen molar-refractivity contribution in [2.24, 2.45) is 0 Å². The number of phosphoric acid groups is 2. The predicted molar refractivity (Wildman–Crippen MR) is 123 cm³/mol. The topological polar surface area (TPSA) is 205 Å². The summed E-state index contributed by atoms with van der Waals surface area (Å²) in [5.74, 6) is -0.838. The third kappa shape index (κ3) is 36.0. The van der Waals surface area contributed by atoms with E-state index in [0.717, 1.165) is 57.4 Å². The molecule has 0 fully saturated rings. The van der Waals surface area contributed by atoms with Crippen LogP contribution >= 0.6 is 15.6 Å². The summed E-state index contributed by atoms with van der Waals surface area (Å²) < 4.78 is 51.3. The molecule has 215 valence electrons. The normalized spacial score (nSPS) is 13.5. The van der Waals surface area contributed by atoms with Crippen LogP contribution in [0, 0.1) is 0 Å². The molecular formula is C19H41O14P2Ti. The molecule has 0 aromatic rings. The van der Waals surface area contributed by atoms with Crippen molar-refractivity contribution < 1.29 is 83.8 Å². The Morgan fingerprint density at radius 2 is 1.14 bits per heavy atom. The summed E-state index contributed by atoms with van der Waals surface area (Å²) in [6.45, 7) is 7.39. The Hall–Kier alpha value is -0.176. The molecule has 36 heavy (non-hydrogen) atoms. The first-order valence-corrected chi connectivity index (χ1v) is 15.9. The molecule has 0 saturated carbocycles. The SMILES string of the molecule is C=CC(=O)OO.CCCCCCCCOOP(=O)(O)OP(=O)(O)OOCCCCCCCC.[O]=[Ti][OH].